The highest BCUT2D eigenvalue weighted by atomic mass is 32.2. The average molecular weight is 447 g/mol. The molecule has 0 aliphatic carbocycles. The van der Waals surface area contributed by atoms with Gasteiger partial charge in [0.25, 0.3) is 0 Å². The maximum atomic E-state index is 13.0. The largest absolute Gasteiger partial charge is 0.341 e. The van der Waals surface area contributed by atoms with Crippen LogP contribution in [0.5, 0.6) is 0 Å². The van der Waals surface area contributed by atoms with E-state index in [2.05, 4.69) is 52.4 Å². The van der Waals surface area contributed by atoms with Crippen molar-refractivity contribution in [3.8, 4) is 11.8 Å². The molecule has 4 rings (SSSR count). The number of aryl methyl sites for hydroxylation is 1. The summed E-state index contributed by atoms with van der Waals surface area (Å²) in [6.45, 7) is 3.98. The third kappa shape index (κ3) is 4.94. The Kier molecular flexibility index (Phi) is 7.07. The summed E-state index contributed by atoms with van der Waals surface area (Å²) in [6.07, 6.45) is 3.52. The Morgan fingerprint density at radius 2 is 1.78 bits per heavy atom. The quantitative estimate of drug-likeness (QED) is 0.400. The first-order valence-corrected chi connectivity index (χ1v) is 11.8. The zero-order valence-corrected chi connectivity index (χ0v) is 19.0. The highest BCUT2D eigenvalue weighted by molar-refractivity contribution is 7.99. The minimum Gasteiger partial charge on any atom is -0.341 e. The molecule has 2 aromatic carbocycles. The second kappa shape index (κ2) is 10.3. The summed E-state index contributed by atoms with van der Waals surface area (Å²) in [6, 6.07) is 19.6. The molecule has 1 amide bonds. The van der Waals surface area contributed by atoms with Gasteiger partial charge < -0.3 is 4.90 Å². The minimum absolute atomic E-state index is 0.00703. The number of thioether (sulfide) groups is 1. The third-order valence-electron chi connectivity index (χ3n) is 5.47. The number of hydrogen-bond acceptors (Lipinski definition) is 6. The molecule has 1 fully saturated rings. The van der Waals surface area contributed by atoms with E-state index >= 15 is 0 Å². The molecule has 2 heterocycles. The van der Waals surface area contributed by atoms with Crippen LogP contribution in [0.3, 0.4) is 0 Å². The number of hydrogen-bond donors (Lipinski definition) is 0. The van der Waals surface area contributed by atoms with Gasteiger partial charge in [0.1, 0.15) is 6.54 Å². The Hall–Kier alpha value is -3.31. The lowest BCUT2D eigenvalue weighted by Crippen LogP contribution is -2.33. The van der Waals surface area contributed by atoms with Gasteiger partial charge in [0.2, 0.25) is 11.9 Å². The van der Waals surface area contributed by atoms with Crippen molar-refractivity contribution in [3.05, 3.63) is 60.2 Å². The second-order valence-corrected chi connectivity index (χ2v) is 8.71. The lowest BCUT2D eigenvalue weighted by atomic mass is 10.1. The van der Waals surface area contributed by atoms with Crippen LogP contribution >= 0.6 is 11.8 Å². The van der Waals surface area contributed by atoms with Gasteiger partial charge in [0.05, 0.1) is 17.5 Å². The van der Waals surface area contributed by atoms with Crippen molar-refractivity contribution in [1.29, 1.82) is 5.26 Å². The minimum atomic E-state index is -0.138. The fraction of sp³-hybridized carbons (Fsp3) is 0.333. The van der Waals surface area contributed by atoms with E-state index in [9.17, 15) is 10.1 Å². The molecule has 0 bridgehead atoms. The molecule has 0 atom stereocenters. The van der Waals surface area contributed by atoms with Crippen molar-refractivity contribution in [2.24, 2.45) is 0 Å². The van der Waals surface area contributed by atoms with Gasteiger partial charge in [-0.15, -0.1) is 10.2 Å². The number of carbonyl (C=O) groups is 1. The summed E-state index contributed by atoms with van der Waals surface area (Å²) in [4.78, 5) is 16.8. The van der Waals surface area contributed by atoms with Gasteiger partial charge in [-0.1, -0.05) is 47.7 Å². The molecule has 1 aromatic heterocycles. The summed E-state index contributed by atoms with van der Waals surface area (Å²) in [5.41, 5.74) is 2.88. The number of nitriles is 1. The van der Waals surface area contributed by atoms with Gasteiger partial charge in [-0.25, -0.2) is 0 Å². The van der Waals surface area contributed by atoms with Crippen molar-refractivity contribution in [3.63, 3.8) is 0 Å². The monoisotopic (exact) mass is 446 g/mol. The van der Waals surface area contributed by atoms with E-state index in [0.29, 0.717) is 10.8 Å². The molecule has 8 heteroatoms. The fourth-order valence-corrected chi connectivity index (χ4v) is 4.60. The van der Waals surface area contributed by atoms with Crippen LogP contribution in [0.1, 0.15) is 24.8 Å². The zero-order chi connectivity index (χ0) is 22.3. The summed E-state index contributed by atoms with van der Waals surface area (Å²) in [7, 11) is 0. The van der Waals surface area contributed by atoms with Crippen molar-refractivity contribution >= 4 is 29.3 Å². The molecule has 0 saturated carbocycles. The van der Waals surface area contributed by atoms with Gasteiger partial charge in [-0.05, 0) is 50.5 Å². The molecule has 164 valence electrons. The van der Waals surface area contributed by atoms with Gasteiger partial charge in [-0.2, -0.15) is 5.26 Å². The molecule has 32 heavy (non-hydrogen) atoms. The molecular weight excluding hydrogens is 420 g/mol. The summed E-state index contributed by atoms with van der Waals surface area (Å²) in [5, 5.41) is 18.8. The maximum Gasteiger partial charge on any atom is 0.238 e. The first-order valence-electron chi connectivity index (χ1n) is 10.8. The van der Waals surface area contributed by atoms with Crippen LogP contribution in [0.4, 0.5) is 11.6 Å². The van der Waals surface area contributed by atoms with Crippen LogP contribution in [0.2, 0.25) is 0 Å². The Bertz CT molecular complexity index is 1080. The maximum absolute atomic E-state index is 13.0. The van der Waals surface area contributed by atoms with E-state index in [4.69, 9.17) is 0 Å². The van der Waals surface area contributed by atoms with E-state index in [-0.39, 0.29) is 18.2 Å². The topological polar surface area (TPSA) is 78.0 Å². The molecule has 1 aliphatic heterocycles. The number of aromatic nitrogens is 3. The highest BCUT2D eigenvalue weighted by Gasteiger charge is 2.23. The third-order valence-corrected chi connectivity index (χ3v) is 6.38. The summed E-state index contributed by atoms with van der Waals surface area (Å²) in [5.74, 6) is 0.849. The first kappa shape index (κ1) is 21.9. The number of benzene rings is 2. The normalized spacial score (nSPS) is 13.6. The molecule has 3 aromatic rings. The van der Waals surface area contributed by atoms with E-state index in [0.717, 1.165) is 37.6 Å². The molecule has 0 N–H and O–H groups in total. The van der Waals surface area contributed by atoms with E-state index in [1.807, 2.05) is 34.9 Å². The number of anilines is 2. The standard InChI is InChI=1S/C24H26N6OS/c1-19-10-12-21(13-11-19)30-23(28-15-6-3-7-16-28)26-27-24(30)32-18-22(31)29(17-14-25)20-8-4-2-5-9-20/h2,4-5,8-13H,3,6-7,15-18H2,1H3. The van der Waals surface area contributed by atoms with E-state index < -0.39 is 0 Å². The smallest absolute Gasteiger partial charge is 0.238 e. The van der Waals surface area contributed by atoms with Crippen LogP contribution in [-0.4, -0.2) is 46.1 Å². The SMILES string of the molecule is Cc1ccc(-n2c(SCC(=O)N(CC#N)c3ccccc3)nnc2N2CCCCC2)cc1. The van der Waals surface area contributed by atoms with Gasteiger partial charge >= 0.3 is 0 Å². The van der Waals surface area contributed by atoms with Crippen molar-refractivity contribution < 1.29 is 4.79 Å². The summed E-state index contributed by atoms with van der Waals surface area (Å²) < 4.78 is 2.04. The number of carbonyl (C=O) groups excluding carboxylic acids is 1. The molecule has 1 saturated heterocycles. The first-order chi connectivity index (χ1) is 15.7. The van der Waals surface area contributed by atoms with Crippen LogP contribution in [0.15, 0.2) is 59.8 Å². The second-order valence-electron chi connectivity index (χ2n) is 7.76. The predicted octanol–water partition coefficient (Wildman–Crippen LogP) is 4.21. The molecule has 0 radical (unpaired) electrons. The average Bonchev–Trinajstić information content (AvgIpc) is 3.26. The van der Waals surface area contributed by atoms with Crippen molar-refractivity contribution in [2.75, 3.05) is 35.2 Å². The number of para-hydroxylation sites is 1. The Balaban J connectivity index is 1.59. The Morgan fingerprint density at radius 3 is 2.47 bits per heavy atom. The number of nitrogens with zero attached hydrogens (tertiary/aromatic N) is 6. The lowest BCUT2D eigenvalue weighted by Gasteiger charge is -2.27. The van der Waals surface area contributed by atoms with Crippen LogP contribution in [0, 0.1) is 18.3 Å². The van der Waals surface area contributed by atoms with Crippen LogP contribution in [0.25, 0.3) is 5.69 Å². The van der Waals surface area contributed by atoms with Gasteiger partial charge in [0, 0.05) is 18.8 Å². The Labute approximate surface area is 192 Å². The Morgan fingerprint density at radius 1 is 1.06 bits per heavy atom. The highest BCUT2D eigenvalue weighted by Crippen LogP contribution is 2.29. The molecular formula is C24H26N6OS. The molecule has 1 aliphatic rings. The van der Waals surface area contributed by atoms with Crippen molar-refractivity contribution in [2.45, 2.75) is 31.3 Å². The lowest BCUT2D eigenvalue weighted by molar-refractivity contribution is -0.116. The predicted molar refractivity (Wildman–Crippen MR) is 127 cm³/mol. The summed E-state index contributed by atoms with van der Waals surface area (Å²) >= 11 is 1.35. The van der Waals surface area contributed by atoms with Crippen LogP contribution in [-0.2, 0) is 4.79 Å². The molecule has 7 nitrogen and oxygen atoms in total. The number of amides is 1. The van der Waals surface area contributed by atoms with Gasteiger partial charge in [0.15, 0.2) is 5.16 Å². The molecule has 0 spiro atoms. The van der Waals surface area contributed by atoms with Crippen molar-refractivity contribution in [1.82, 2.24) is 14.8 Å². The number of piperidine rings is 1. The number of rotatable bonds is 7. The molecule has 0 unspecified atom stereocenters. The van der Waals surface area contributed by atoms with Gasteiger partial charge in [-0.3, -0.25) is 14.3 Å². The fourth-order valence-electron chi connectivity index (χ4n) is 3.78. The van der Waals surface area contributed by atoms with Crippen LogP contribution < -0.4 is 9.80 Å². The van der Waals surface area contributed by atoms with E-state index in [1.165, 1.54) is 28.6 Å². The van der Waals surface area contributed by atoms with E-state index in [1.54, 1.807) is 0 Å². The zero-order valence-electron chi connectivity index (χ0n) is 18.1.